The second kappa shape index (κ2) is 4.75. The van der Waals surface area contributed by atoms with E-state index < -0.39 is 0 Å². The smallest absolute Gasteiger partial charge is 0.198 e. The molecule has 1 unspecified atom stereocenters. The van der Waals surface area contributed by atoms with Crippen LogP contribution >= 0.6 is 0 Å². The molecular formula is C18H24N2O. The summed E-state index contributed by atoms with van der Waals surface area (Å²) >= 11 is 0. The molecule has 0 spiro atoms. The number of anilines is 1. The van der Waals surface area contributed by atoms with E-state index in [2.05, 4.69) is 42.3 Å². The molecule has 0 amide bonds. The largest absolute Gasteiger partial charge is 0.440 e. The third-order valence-corrected chi connectivity index (χ3v) is 5.18. The van der Waals surface area contributed by atoms with E-state index in [0.29, 0.717) is 17.4 Å². The maximum atomic E-state index is 5.84. The van der Waals surface area contributed by atoms with Crippen LogP contribution in [0.15, 0.2) is 22.6 Å². The fourth-order valence-electron chi connectivity index (χ4n) is 3.50. The van der Waals surface area contributed by atoms with Gasteiger partial charge < -0.3 is 9.73 Å². The average molecular weight is 284 g/mol. The van der Waals surface area contributed by atoms with Crippen LogP contribution < -0.4 is 5.32 Å². The minimum atomic E-state index is 0.371. The molecule has 3 nitrogen and oxygen atoms in total. The highest BCUT2D eigenvalue weighted by Crippen LogP contribution is 2.41. The first-order chi connectivity index (χ1) is 10.1. The summed E-state index contributed by atoms with van der Waals surface area (Å²) in [6.45, 7) is 4.76. The van der Waals surface area contributed by atoms with E-state index in [1.165, 1.54) is 44.2 Å². The van der Waals surface area contributed by atoms with Gasteiger partial charge in [0.2, 0.25) is 0 Å². The zero-order valence-electron chi connectivity index (χ0n) is 13.0. The summed E-state index contributed by atoms with van der Waals surface area (Å²) in [5.41, 5.74) is 3.47. The van der Waals surface area contributed by atoms with Crippen LogP contribution in [0.3, 0.4) is 0 Å². The lowest BCUT2D eigenvalue weighted by atomic mass is 9.73. The molecule has 0 radical (unpaired) electrons. The first-order valence-electron chi connectivity index (χ1n) is 8.29. The van der Waals surface area contributed by atoms with Crippen molar-refractivity contribution < 1.29 is 4.42 Å². The van der Waals surface area contributed by atoms with Gasteiger partial charge in [0.05, 0.1) is 0 Å². The zero-order chi connectivity index (χ0) is 14.4. The van der Waals surface area contributed by atoms with Crippen LogP contribution in [0.25, 0.3) is 11.1 Å². The summed E-state index contributed by atoms with van der Waals surface area (Å²) in [4.78, 5) is 4.66. The van der Waals surface area contributed by atoms with Gasteiger partial charge in [0, 0.05) is 17.6 Å². The van der Waals surface area contributed by atoms with Gasteiger partial charge >= 0.3 is 0 Å². The Balaban J connectivity index is 1.58. The van der Waals surface area contributed by atoms with Crippen molar-refractivity contribution in [2.45, 2.75) is 64.3 Å². The monoisotopic (exact) mass is 284 g/mol. The van der Waals surface area contributed by atoms with Crippen molar-refractivity contribution in [3.8, 4) is 0 Å². The van der Waals surface area contributed by atoms with Gasteiger partial charge in [-0.05, 0) is 49.3 Å². The lowest BCUT2D eigenvalue weighted by Crippen LogP contribution is -2.38. The fourth-order valence-corrected chi connectivity index (χ4v) is 3.50. The van der Waals surface area contributed by atoms with Crippen LogP contribution in [-0.4, -0.2) is 11.0 Å². The number of aromatic nitrogens is 1. The maximum Gasteiger partial charge on any atom is 0.198 e. The van der Waals surface area contributed by atoms with E-state index in [9.17, 15) is 0 Å². The molecule has 1 N–H and O–H groups in total. The highest BCUT2D eigenvalue weighted by molar-refractivity contribution is 5.77. The molecule has 1 atom stereocenters. The van der Waals surface area contributed by atoms with Gasteiger partial charge in [0.25, 0.3) is 0 Å². The van der Waals surface area contributed by atoms with E-state index in [-0.39, 0.29) is 0 Å². The molecule has 2 fully saturated rings. The SMILES string of the molecule is CC1(C)CCCCC1Nc1ccc2oc(C3CC3)nc2c1. The summed E-state index contributed by atoms with van der Waals surface area (Å²) in [6.07, 6.45) is 7.72. The van der Waals surface area contributed by atoms with Gasteiger partial charge in [-0.1, -0.05) is 26.7 Å². The Hall–Kier alpha value is -1.51. The third kappa shape index (κ3) is 2.54. The van der Waals surface area contributed by atoms with Crippen molar-refractivity contribution in [3.63, 3.8) is 0 Å². The van der Waals surface area contributed by atoms with Crippen molar-refractivity contribution in [1.29, 1.82) is 0 Å². The van der Waals surface area contributed by atoms with Gasteiger partial charge in [0.15, 0.2) is 11.5 Å². The number of rotatable bonds is 3. The summed E-state index contributed by atoms with van der Waals surface area (Å²) in [5, 5.41) is 3.74. The number of oxazole rings is 1. The van der Waals surface area contributed by atoms with Gasteiger partial charge in [-0.15, -0.1) is 0 Å². The van der Waals surface area contributed by atoms with Crippen LogP contribution in [0, 0.1) is 5.41 Å². The molecule has 0 bridgehead atoms. The number of nitrogens with one attached hydrogen (secondary N) is 1. The van der Waals surface area contributed by atoms with E-state index >= 15 is 0 Å². The topological polar surface area (TPSA) is 38.1 Å². The Kier molecular flexibility index (Phi) is 2.98. The number of nitrogens with zero attached hydrogens (tertiary/aromatic N) is 1. The van der Waals surface area contributed by atoms with Gasteiger partial charge in [0.1, 0.15) is 5.52 Å². The lowest BCUT2D eigenvalue weighted by molar-refractivity contribution is 0.217. The van der Waals surface area contributed by atoms with Crippen LogP contribution in [0.1, 0.15) is 64.2 Å². The number of benzene rings is 1. The first kappa shape index (κ1) is 13.2. The van der Waals surface area contributed by atoms with Crippen LogP contribution in [0.4, 0.5) is 5.69 Å². The Labute approximate surface area is 126 Å². The van der Waals surface area contributed by atoms with E-state index in [1.54, 1.807) is 0 Å². The predicted molar refractivity (Wildman–Crippen MR) is 85.6 cm³/mol. The number of fused-ring (bicyclic) bond motifs is 1. The highest BCUT2D eigenvalue weighted by Gasteiger charge is 2.32. The lowest BCUT2D eigenvalue weighted by Gasteiger charge is -2.39. The van der Waals surface area contributed by atoms with Gasteiger partial charge in [-0.3, -0.25) is 0 Å². The van der Waals surface area contributed by atoms with Crippen LogP contribution in [-0.2, 0) is 0 Å². The fraction of sp³-hybridized carbons (Fsp3) is 0.611. The molecule has 1 aromatic carbocycles. The van der Waals surface area contributed by atoms with Crippen molar-refractivity contribution in [3.05, 3.63) is 24.1 Å². The summed E-state index contributed by atoms with van der Waals surface area (Å²) < 4.78 is 5.84. The number of hydrogen-bond acceptors (Lipinski definition) is 3. The molecular weight excluding hydrogens is 260 g/mol. The predicted octanol–water partition coefficient (Wildman–Crippen LogP) is 5.09. The molecule has 4 rings (SSSR count). The van der Waals surface area contributed by atoms with Crippen molar-refractivity contribution in [2.75, 3.05) is 5.32 Å². The molecule has 2 aliphatic carbocycles. The van der Waals surface area contributed by atoms with Crippen molar-refractivity contribution in [1.82, 2.24) is 4.98 Å². The summed E-state index contributed by atoms with van der Waals surface area (Å²) in [5.74, 6) is 1.51. The highest BCUT2D eigenvalue weighted by atomic mass is 16.3. The van der Waals surface area contributed by atoms with Crippen LogP contribution in [0.5, 0.6) is 0 Å². The normalized spacial score (nSPS) is 25.1. The van der Waals surface area contributed by atoms with E-state index in [4.69, 9.17) is 4.42 Å². The molecule has 1 aromatic heterocycles. The molecule has 2 aromatic rings. The Morgan fingerprint density at radius 2 is 2.05 bits per heavy atom. The minimum Gasteiger partial charge on any atom is -0.440 e. The molecule has 2 aliphatic rings. The van der Waals surface area contributed by atoms with E-state index in [0.717, 1.165) is 17.0 Å². The molecule has 0 aliphatic heterocycles. The quantitative estimate of drug-likeness (QED) is 0.853. The van der Waals surface area contributed by atoms with Crippen LogP contribution in [0.2, 0.25) is 0 Å². The minimum absolute atomic E-state index is 0.371. The van der Waals surface area contributed by atoms with Gasteiger partial charge in [-0.2, -0.15) is 0 Å². The molecule has 2 saturated carbocycles. The molecule has 1 heterocycles. The second-order valence-electron chi connectivity index (χ2n) is 7.44. The standard InChI is InChI=1S/C18H24N2O/c1-18(2)10-4-3-5-16(18)19-13-8-9-15-14(11-13)20-17(21-15)12-6-7-12/h8-9,11-12,16,19H,3-7,10H2,1-2H3. The second-order valence-corrected chi connectivity index (χ2v) is 7.44. The Morgan fingerprint density at radius 3 is 2.81 bits per heavy atom. The maximum absolute atomic E-state index is 5.84. The summed E-state index contributed by atoms with van der Waals surface area (Å²) in [7, 11) is 0. The van der Waals surface area contributed by atoms with Crippen molar-refractivity contribution in [2.24, 2.45) is 5.41 Å². The number of hydrogen-bond donors (Lipinski definition) is 1. The summed E-state index contributed by atoms with van der Waals surface area (Å²) in [6, 6.07) is 6.90. The van der Waals surface area contributed by atoms with E-state index in [1.807, 2.05) is 0 Å². The molecule has 0 saturated heterocycles. The third-order valence-electron chi connectivity index (χ3n) is 5.18. The molecule has 21 heavy (non-hydrogen) atoms. The first-order valence-corrected chi connectivity index (χ1v) is 8.29. The molecule has 3 heteroatoms. The Bertz CT molecular complexity index is 654. The Morgan fingerprint density at radius 1 is 1.19 bits per heavy atom. The molecule has 112 valence electrons. The van der Waals surface area contributed by atoms with Gasteiger partial charge in [-0.25, -0.2) is 4.98 Å². The average Bonchev–Trinajstić information content (AvgIpc) is 3.21. The zero-order valence-corrected chi connectivity index (χ0v) is 13.0. The van der Waals surface area contributed by atoms with Crippen molar-refractivity contribution >= 4 is 16.8 Å².